The molecule has 1 saturated heterocycles. The number of hydrogen-bond acceptors (Lipinski definition) is 4. The van der Waals surface area contributed by atoms with Gasteiger partial charge in [-0.3, -0.25) is 9.59 Å². The van der Waals surface area contributed by atoms with Crippen molar-refractivity contribution < 1.29 is 9.59 Å². The highest BCUT2D eigenvalue weighted by atomic mass is 32.1. The van der Waals surface area contributed by atoms with E-state index in [1.54, 1.807) is 18.3 Å². The van der Waals surface area contributed by atoms with Gasteiger partial charge in [-0.2, -0.15) is 0 Å². The SMILES string of the molecule is CC(=O)N1CCN(c2ccc(NC(=O)CCc3cccs3)cc2)CC1. The Morgan fingerprint density at radius 2 is 1.80 bits per heavy atom. The van der Waals surface area contributed by atoms with Crippen LogP contribution in [0.3, 0.4) is 0 Å². The van der Waals surface area contributed by atoms with Gasteiger partial charge in [0.15, 0.2) is 0 Å². The Morgan fingerprint density at radius 1 is 1.08 bits per heavy atom. The summed E-state index contributed by atoms with van der Waals surface area (Å²) < 4.78 is 0. The summed E-state index contributed by atoms with van der Waals surface area (Å²) in [4.78, 5) is 28.8. The van der Waals surface area contributed by atoms with Crippen LogP contribution in [0.25, 0.3) is 0 Å². The highest BCUT2D eigenvalue weighted by Crippen LogP contribution is 2.20. The zero-order valence-electron chi connectivity index (χ0n) is 14.4. The van der Waals surface area contributed by atoms with Crippen LogP contribution in [-0.2, 0) is 16.0 Å². The first-order valence-electron chi connectivity index (χ1n) is 8.54. The molecule has 0 spiro atoms. The number of anilines is 2. The second-order valence-corrected chi connectivity index (χ2v) is 7.20. The summed E-state index contributed by atoms with van der Waals surface area (Å²) in [6.45, 7) is 4.82. The lowest BCUT2D eigenvalue weighted by Gasteiger charge is -2.35. The summed E-state index contributed by atoms with van der Waals surface area (Å²) >= 11 is 1.68. The largest absolute Gasteiger partial charge is 0.368 e. The van der Waals surface area contributed by atoms with Crippen molar-refractivity contribution in [2.75, 3.05) is 36.4 Å². The van der Waals surface area contributed by atoms with E-state index >= 15 is 0 Å². The van der Waals surface area contributed by atoms with Gasteiger partial charge in [0, 0.05) is 55.8 Å². The van der Waals surface area contributed by atoms with Crippen LogP contribution in [0.1, 0.15) is 18.2 Å². The second kappa shape index (κ2) is 8.16. The van der Waals surface area contributed by atoms with Crippen molar-refractivity contribution in [3.05, 3.63) is 46.7 Å². The summed E-state index contributed by atoms with van der Waals surface area (Å²) in [6, 6.07) is 12.0. The van der Waals surface area contributed by atoms with Crippen LogP contribution in [0.2, 0.25) is 0 Å². The number of rotatable bonds is 5. The van der Waals surface area contributed by atoms with E-state index in [-0.39, 0.29) is 11.8 Å². The van der Waals surface area contributed by atoms with Crippen LogP contribution in [-0.4, -0.2) is 42.9 Å². The van der Waals surface area contributed by atoms with Gasteiger partial charge >= 0.3 is 0 Å². The first kappa shape index (κ1) is 17.5. The number of piperazine rings is 1. The molecule has 0 bridgehead atoms. The molecule has 2 aromatic rings. The summed E-state index contributed by atoms with van der Waals surface area (Å²) in [7, 11) is 0. The van der Waals surface area contributed by atoms with Gasteiger partial charge in [0.25, 0.3) is 0 Å². The van der Waals surface area contributed by atoms with Crippen LogP contribution in [0.4, 0.5) is 11.4 Å². The number of nitrogens with zero attached hydrogens (tertiary/aromatic N) is 2. The van der Waals surface area contributed by atoms with Crippen molar-refractivity contribution in [2.24, 2.45) is 0 Å². The first-order valence-corrected chi connectivity index (χ1v) is 9.42. The molecule has 5 nitrogen and oxygen atoms in total. The molecule has 1 aliphatic heterocycles. The topological polar surface area (TPSA) is 52.7 Å². The first-order chi connectivity index (χ1) is 12.1. The lowest BCUT2D eigenvalue weighted by atomic mass is 10.2. The van der Waals surface area contributed by atoms with E-state index in [1.165, 1.54) is 4.88 Å². The maximum Gasteiger partial charge on any atom is 0.224 e. The molecule has 0 unspecified atom stereocenters. The second-order valence-electron chi connectivity index (χ2n) is 6.17. The van der Waals surface area contributed by atoms with Crippen molar-refractivity contribution in [3.63, 3.8) is 0 Å². The number of benzene rings is 1. The molecule has 6 heteroatoms. The number of hydrogen-bond donors (Lipinski definition) is 1. The Bertz CT molecular complexity index is 705. The maximum absolute atomic E-state index is 12.0. The average molecular weight is 357 g/mol. The molecule has 3 rings (SSSR count). The lowest BCUT2D eigenvalue weighted by molar-refractivity contribution is -0.129. The molecule has 0 aliphatic carbocycles. The van der Waals surface area contributed by atoms with Crippen LogP contribution in [0, 0.1) is 0 Å². The standard InChI is InChI=1S/C19H23N3O2S/c1-15(23)21-10-12-22(13-11-21)17-6-4-16(5-7-17)20-19(24)9-8-18-3-2-14-25-18/h2-7,14H,8-13H2,1H3,(H,20,24). The Kier molecular flexibility index (Phi) is 5.71. The molecule has 1 aromatic carbocycles. The summed E-state index contributed by atoms with van der Waals surface area (Å²) in [5, 5.41) is 4.98. The van der Waals surface area contributed by atoms with Crippen LogP contribution in [0.5, 0.6) is 0 Å². The van der Waals surface area contributed by atoms with Crippen LogP contribution in [0.15, 0.2) is 41.8 Å². The highest BCUT2D eigenvalue weighted by molar-refractivity contribution is 7.09. The number of aryl methyl sites for hydroxylation is 1. The van der Waals surface area contributed by atoms with E-state index in [0.717, 1.165) is 44.0 Å². The maximum atomic E-state index is 12.0. The third-order valence-electron chi connectivity index (χ3n) is 4.42. The van der Waals surface area contributed by atoms with Gasteiger partial charge in [-0.15, -0.1) is 11.3 Å². The minimum atomic E-state index is 0.0382. The van der Waals surface area contributed by atoms with Gasteiger partial charge in [-0.25, -0.2) is 0 Å². The molecule has 2 heterocycles. The number of thiophene rings is 1. The fraction of sp³-hybridized carbons (Fsp3) is 0.368. The molecule has 2 amide bonds. The fourth-order valence-electron chi connectivity index (χ4n) is 2.95. The van der Waals surface area contributed by atoms with Gasteiger partial charge in [-0.1, -0.05) is 6.07 Å². The molecule has 1 fully saturated rings. The molecular weight excluding hydrogens is 334 g/mol. The number of amides is 2. The third kappa shape index (κ3) is 4.82. The predicted molar refractivity (Wildman–Crippen MR) is 102 cm³/mol. The number of nitrogens with one attached hydrogen (secondary N) is 1. The van der Waals surface area contributed by atoms with Crippen molar-refractivity contribution in [1.82, 2.24) is 4.90 Å². The molecule has 132 valence electrons. The van der Waals surface area contributed by atoms with Gasteiger partial charge in [0.1, 0.15) is 0 Å². The lowest BCUT2D eigenvalue weighted by Crippen LogP contribution is -2.48. The van der Waals surface area contributed by atoms with Crippen LogP contribution >= 0.6 is 11.3 Å². The molecular formula is C19H23N3O2S. The Hall–Kier alpha value is -2.34. The zero-order chi connectivity index (χ0) is 17.6. The molecule has 1 aliphatic rings. The van der Waals surface area contributed by atoms with Gasteiger partial charge in [-0.05, 0) is 42.1 Å². The molecule has 1 N–H and O–H groups in total. The van der Waals surface area contributed by atoms with Crippen LogP contribution < -0.4 is 10.2 Å². The predicted octanol–water partition coefficient (Wildman–Crippen LogP) is 2.99. The quantitative estimate of drug-likeness (QED) is 0.895. The molecule has 0 atom stereocenters. The van der Waals surface area contributed by atoms with E-state index < -0.39 is 0 Å². The molecule has 0 radical (unpaired) electrons. The van der Waals surface area contributed by atoms with Gasteiger partial charge < -0.3 is 15.1 Å². The van der Waals surface area contributed by atoms with E-state index in [1.807, 2.05) is 40.6 Å². The minimum Gasteiger partial charge on any atom is -0.368 e. The van der Waals surface area contributed by atoms with Crippen molar-refractivity contribution >= 4 is 34.5 Å². The van der Waals surface area contributed by atoms with Crippen molar-refractivity contribution in [3.8, 4) is 0 Å². The number of carbonyl (C=O) groups excluding carboxylic acids is 2. The summed E-state index contributed by atoms with van der Waals surface area (Å²) in [5.41, 5.74) is 1.95. The zero-order valence-corrected chi connectivity index (χ0v) is 15.2. The number of carbonyl (C=O) groups is 2. The van der Waals surface area contributed by atoms with E-state index in [0.29, 0.717) is 6.42 Å². The molecule has 25 heavy (non-hydrogen) atoms. The molecule has 1 aromatic heterocycles. The highest BCUT2D eigenvalue weighted by Gasteiger charge is 2.18. The van der Waals surface area contributed by atoms with Gasteiger partial charge in [0.05, 0.1) is 0 Å². The molecule has 0 saturated carbocycles. The minimum absolute atomic E-state index is 0.0382. The fourth-order valence-corrected chi connectivity index (χ4v) is 3.66. The van der Waals surface area contributed by atoms with E-state index in [4.69, 9.17) is 0 Å². The summed E-state index contributed by atoms with van der Waals surface area (Å²) in [5.74, 6) is 0.177. The Morgan fingerprint density at radius 3 is 2.40 bits per heavy atom. The normalized spacial score (nSPS) is 14.4. The average Bonchev–Trinajstić information content (AvgIpc) is 3.14. The van der Waals surface area contributed by atoms with Crippen molar-refractivity contribution in [2.45, 2.75) is 19.8 Å². The van der Waals surface area contributed by atoms with E-state index in [2.05, 4.69) is 16.3 Å². The van der Waals surface area contributed by atoms with E-state index in [9.17, 15) is 9.59 Å². The monoisotopic (exact) mass is 357 g/mol. The van der Waals surface area contributed by atoms with Gasteiger partial charge in [0.2, 0.25) is 11.8 Å². The van der Waals surface area contributed by atoms with Crippen molar-refractivity contribution in [1.29, 1.82) is 0 Å². The smallest absolute Gasteiger partial charge is 0.224 e. The third-order valence-corrected chi connectivity index (χ3v) is 5.36. The Balaban J connectivity index is 1.48. The summed E-state index contributed by atoms with van der Waals surface area (Å²) in [6.07, 6.45) is 1.28. The Labute approximate surface area is 152 Å².